The van der Waals surface area contributed by atoms with E-state index in [-0.39, 0.29) is 0 Å². The fourth-order valence-electron chi connectivity index (χ4n) is 1.90. The quantitative estimate of drug-likeness (QED) is 0.543. The highest BCUT2D eigenvalue weighted by Gasteiger charge is 1.99. The van der Waals surface area contributed by atoms with Crippen LogP contribution in [0.5, 0.6) is 0 Å². The fraction of sp³-hybridized carbons (Fsp3) is 0.857. The molecule has 0 atom stereocenters. The van der Waals surface area contributed by atoms with Crippen LogP contribution in [0.1, 0.15) is 52.4 Å². The average Bonchev–Trinajstić information content (AvgIpc) is 2.31. The lowest BCUT2D eigenvalue weighted by Crippen LogP contribution is -2.25. The molecule has 0 saturated carbocycles. The summed E-state index contributed by atoms with van der Waals surface area (Å²) in [5, 5.41) is 3.10. The standard InChI is InChI=1S/C14H30N2/c1-5-12-16(6-2)13-10-8-7-9-11-14(3)15-4/h15H,3,5-13H2,1-2,4H3. The van der Waals surface area contributed by atoms with Gasteiger partial charge in [-0.15, -0.1) is 0 Å². The summed E-state index contributed by atoms with van der Waals surface area (Å²) in [4.78, 5) is 2.55. The maximum atomic E-state index is 3.94. The molecule has 1 N–H and O–H groups in total. The van der Waals surface area contributed by atoms with Gasteiger partial charge in [0, 0.05) is 12.7 Å². The Morgan fingerprint density at radius 1 is 1.06 bits per heavy atom. The van der Waals surface area contributed by atoms with E-state index in [2.05, 4.69) is 30.6 Å². The van der Waals surface area contributed by atoms with E-state index in [0.29, 0.717) is 0 Å². The summed E-state index contributed by atoms with van der Waals surface area (Å²) in [7, 11) is 1.95. The van der Waals surface area contributed by atoms with Crippen LogP contribution in [0.3, 0.4) is 0 Å². The third-order valence-corrected chi connectivity index (χ3v) is 3.04. The SMILES string of the molecule is C=C(CCCCCCN(CC)CCC)NC. The summed E-state index contributed by atoms with van der Waals surface area (Å²) in [6, 6.07) is 0. The van der Waals surface area contributed by atoms with Gasteiger partial charge in [-0.05, 0) is 45.3 Å². The molecule has 0 spiro atoms. The summed E-state index contributed by atoms with van der Waals surface area (Å²) in [6.45, 7) is 12.2. The van der Waals surface area contributed by atoms with E-state index in [4.69, 9.17) is 0 Å². The van der Waals surface area contributed by atoms with E-state index >= 15 is 0 Å². The van der Waals surface area contributed by atoms with E-state index in [0.717, 1.165) is 6.42 Å². The number of rotatable bonds is 11. The average molecular weight is 226 g/mol. The topological polar surface area (TPSA) is 15.3 Å². The van der Waals surface area contributed by atoms with Crippen molar-refractivity contribution in [2.75, 3.05) is 26.7 Å². The second-order valence-electron chi connectivity index (χ2n) is 4.45. The van der Waals surface area contributed by atoms with E-state index in [1.165, 1.54) is 57.4 Å². The highest BCUT2D eigenvalue weighted by Crippen LogP contribution is 2.07. The zero-order chi connectivity index (χ0) is 12.2. The minimum absolute atomic E-state index is 1.13. The fourth-order valence-corrected chi connectivity index (χ4v) is 1.90. The smallest absolute Gasteiger partial charge is 0.00310 e. The van der Waals surface area contributed by atoms with Crippen LogP contribution >= 0.6 is 0 Å². The first-order valence-corrected chi connectivity index (χ1v) is 6.82. The molecule has 0 amide bonds. The van der Waals surface area contributed by atoms with Gasteiger partial charge in [0.2, 0.25) is 0 Å². The third kappa shape index (κ3) is 8.78. The second-order valence-corrected chi connectivity index (χ2v) is 4.45. The molecule has 0 aliphatic rings. The van der Waals surface area contributed by atoms with Gasteiger partial charge in [0.1, 0.15) is 0 Å². The van der Waals surface area contributed by atoms with Gasteiger partial charge < -0.3 is 10.2 Å². The molecule has 0 aromatic heterocycles. The highest BCUT2D eigenvalue weighted by molar-refractivity contribution is 4.88. The van der Waals surface area contributed by atoms with Crippen molar-refractivity contribution in [3.8, 4) is 0 Å². The van der Waals surface area contributed by atoms with Gasteiger partial charge in [-0.2, -0.15) is 0 Å². The number of nitrogens with zero attached hydrogens (tertiary/aromatic N) is 1. The lowest BCUT2D eigenvalue weighted by atomic mass is 10.1. The molecule has 0 bridgehead atoms. The van der Waals surface area contributed by atoms with Gasteiger partial charge in [0.15, 0.2) is 0 Å². The monoisotopic (exact) mass is 226 g/mol. The normalized spacial score (nSPS) is 10.8. The molecule has 0 aromatic rings. The Labute approximate surface area is 102 Å². The van der Waals surface area contributed by atoms with Crippen LogP contribution in [0, 0.1) is 0 Å². The summed E-state index contributed by atoms with van der Waals surface area (Å²) in [5.74, 6) is 0. The maximum Gasteiger partial charge on any atom is 0.00310 e. The number of hydrogen-bond acceptors (Lipinski definition) is 2. The third-order valence-electron chi connectivity index (χ3n) is 3.04. The minimum atomic E-state index is 1.13. The first-order chi connectivity index (χ1) is 7.74. The van der Waals surface area contributed by atoms with Gasteiger partial charge in [0.05, 0.1) is 0 Å². The van der Waals surface area contributed by atoms with E-state index in [1.807, 2.05) is 7.05 Å². The summed E-state index contributed by atoms with van der Waals surface area (Å²) in [5.41, 5.74) is 1.17. The predicted molar refractivity (Wildman–Crippen MR) is 73.7 cm³/mol. The van der Waals surface area contributed by atoms with Gasteiger partial charge in [-0.25, -0.2) is 0 Å². The van der Waals surface area contributed by atoms with Gasteiger partial charge in [-0.3, -0.25) is 0 Å². The predicted octanol–water partition coefficient (Wildman–Crippen LogP) is 3.40. The molecule has 0 radical (unpaired) electrons. The molecule has 0 unspecified atom stereocenters. The lowest BCUT2D eigenvalue weighted by Gasteiger charge is -2.19. The van der Waals surface area contributed by atoms with Crippen molar-refractivity contribution in [3.63, 3.8) is 0 Å². The Morgan fingerprint density at radius 2 is 1.75 bits per heavy atom. The van der Waals surface area contributed by atoms with Gasteiger partial charge in [0.25, 0.3) is 0 Å². The summed E-state index contributed by atoms with van der Waals surface area (Å²) in [6.07, 6.45) is 7.72. The van der Waals surface area contributed by atoms with Crippen molar-refractivity contribution in [1.82, 2.24) is 10.2 Å². The van der Waals surface area contributed by atoms with Crippen LogP contribution in [0.2, 0.25) is 0 Å². The molecule has 2 nitrogen and oxygen atoms in total. The second kappa shape index (κ2) is 11.0. The minimum Gasteiger partial charge on any atom is -0.392 e. The highest BCUT2D eigenvalue weighted by atomic mass is 15.1. The van der Waals surface area contributed by atoms with Crippen LogP contribution in [0.25, 0.3) is 0 Å². The molecule has 0 fully saturated rings. The van der Waals surface area contributed by atoms with E-state index in [9.17, 15) is 0 Å². The van der Waals surface area contributed by atoms with Crippen molar-refractivity contribution < 1.29 is 0 Å². The molecule has 0 aliphatic heterocycles. The van der Waals surface area contributed by atoms with Gasteiger partial charge in [-0.1, -0.05) is 33.3 Å². The molecule has 0 saturated heterocycles. The van der Waals surface area contributed by atoms with Crippen molar-refractivity contribution in [2.24, 2.45) is 0 Å². The first-order valence-electron chi connectivity index (χ1n) is 6.82. The molecule has 16 heavy (non-hydrogen) atoms. The summed E-state index contributed by atoms with van der Waals surface area (Å²) < 4.78 is 0. The largest absolute Gasteiger partial charge is 0.392 e. The Bertz CT molecular complexity index is 166. The molecular weight excluding hydrogens is 196 g/mol. The van der Waals surface area contributed by atoms with Crippen molar-refractivity contribution in [3.05, 3.63) is 12.3 Å². The number of nitrogens with one attached hydrogen (secondary N) is 1. The first kappa shape index (κ1) is 15.5. The van der Waals surface area contributed by atoms with E-state index in [1.54, 1.807) is 0 Å². The molecule has 96 valence electrons. The lowest BCUT2D eigenvalue weighted by molar-refractivity contribution is 0.281. The van der Waals surface area contributed by atoms with Crippen LogP contribution in [-0.4, -0.2) is 31.6 Å². The van der Waals surface area contributed by atoms with Crippen LogP contribution in [0.4, 0.5) is 0 Å². The maximum absolute atomic E-state index is 3.94. The molecule has 0 rings (SSSR count). The Hall–Kier alpha value is -0.500. The zero-order valence-corrected chi connectivity index (χ0v) is 11.5. The zero-order valence-electron chi connectivity index (χ0n) is 11.5. The van der Waals surface area contributed by atoms with Crippen LogP contribution in [-0.2, 0) is 0 Å². The Morgan fingerprint density at radius 3 is 2.31 bits per heavy atom. The van der Waals surface area contributed by atoms with Gasteiger partial charge >= 0.3 is 0 Å². The van der Waals surface area contributed by atoms with Crippen LogP contribution < -0.4 is 5.32 Å². The van der Waals surface area contributed by atoms with Crippen LogP contribution in [0.15, 0.2) is 12.3 Å². The molecule has 0 aliphatic carbocycles. The number of hydrogen-bond donors (Lipinski definition) is 1. The Kier molecular flexibility index (Phi) is 10.7. The molecular formula is C14H30N2. The number of unbranched alkanes of at least 4 members (excludes halogenated alkanes) is 3. The summed E-state index contributed by atoms with van der Waals surface area (Å²) >= 11 is 0. The Balaban J connectivity index is 3.28. The molecule has 0 heterocycles. The molecule has 0 aromatic carbocycles. The molecule has 2 heteroatoms. The van der Waals surface area contributed by atoms with E-state index < -0.39 is 0 Å². The van der Waals surface area contributed by atoms with Crippen molar-refractivity contribution in [1.29, 1.82) is 0 Å². The van der Waals surface area contributed by atoms with Crippen molar-refractivity contribution >= 4 is 0 Å². The van der Waals surface area contributed by atoms with Crippen molar-refractivity contribution in [2.45, 2.75) is 52.4 Å². The number of allylic oxidation sites excluding steroid dienone is 1.